The van der Waals surface area contributed by atoms with Gasteiger partial charge in [-0.25, -0.2) is 4.98 Å². The van der Waals surface area contributed by atoms with E-state index >= 15 is 0 Å². The van der Waals surface area contributed by atoms with Gasteiger partial charge in [0.25, 0.3) is 0 Å². The Morgan fingerprint density at radius 1 is 1.18 bits per heavy atom. The molecular weight excluding hydrogens is 232 g/mol. The molecule has 1 heterocycles. The van der Waals surface area contributed by atoms with Crippen molar-refractivity contribution in [3.63, 3.8) is 0 Å². The highest BCUT2D eigenvalue weighted by Gasteiger charge is 2.08. The normalized spacial score (nSPS) is 12.1. The fraction of sp³-hybridized carbons (Fsp3) is 0.214. The van der Waals surface area contributed by atoms with Crippen LogP contribution in [0.25, 0.3) is 0 Å². The molecule has 1 atom stereocenters. The molecule has 1 N–H and O–H groups in total. The Bertz CT molecular complexity index is 453. The summed E-state index contributed by atoms with van der Waals surface area (Å²) >= 11 is 5.76. The first-order chi connectivity index (χ1) is 8.29. The Labute approximate surface area is 107 Å². The number of pyridine rings is 1. The number of rotatable bonds is 4. The highest BCUT2D eigenvalue weighted by molar-refractivity contribution is 6.29. The molecule has 3 heteroatoms. The van der Waals surface area contributed by atoms with Crippen molar-refractivity contribution in [1.82, 2.24) is 4.98 Å². The first-order valence-electron chi connectivity index (χ1n) is 5.72. The van der Waals surface area contributed by atoms with Crippen LogP contribution in [-0.4, -0.2) is 4.98 Å². The molecule has 0 aliphatic heterocycles. The molecule has 0 saturated heterocycles. The first-order valence-corrected chi connectivity index (χ1v) is 6.10. The Morgan fingerprint density at radius 2 is 1.94 bits per heavy atom. The molecule has 17 heavy (non-hydrogen) atoms. The van der Waals surface area contributed by atoms with Crippen LogP contribution in [0.3, 0.4) is 0 Å². The number of nitrogens with one attached hydrogen (secondary N) is 1. The average Bonchev–Trinajstić information content (AvgIpc) is 2.39. The monoisotopic (exact) mass is 246 g/mol. The van der Waals surface area contributed by atoms with Crippen LogP contribution in [0.15, 0.2) is 48.7 Å². The summed E-state index contributed by atoms with van der Waals surface area (Å²) in [5, 5.41) is 3.97. The minimum absolute atomic E-state index is 0.305. The Kier molecular flexibility index (Phi) is 3.99. The SMILES string of the molecule is CCC(Nc1ccc(Cl)nc1)c1ccccc1. The summed E-state index contributed by atoms with van der Waals surface area (Å²) in [4.78, 5) is 4.06. The average molecular weight is 247 g/mol. The second-order valence-corrected chi connectivity index (χ2v) is 4.27. The van der Waals surface area contributed by atoms with Crippen LogP contribution in [0.4, 0.5) is 5.69 Å². The van der Waals surface area contributed by atoms with E-state index in [0.29, 0.717) is 11.2 Å². The molecule has 2 rings (SSSR count). The lowest BCUT2D eigenvalue weighted by molar-refractivity contribution is 0.749. The van der Waals surface area contributed by atoms with Crippen molar-refractivity contribution in [1.29, 1.82) is 0 Å². The maximum Gasteiger partial charge on any atom is 0.129 e. The van der Waals surface area contributed by atoms with Gasteiger partial charge in [-0.1, -0.05) is 48.9 Å². The van der Waals surface area contributed by atoms with Crippen molar-refractivity contribution in [2.24, 2.45) is 0 Å². The molecule has 0 spiro atoms. The number of halogens is 1. The smallest absolute Gasteiger partial charge is 0.129 e. The first kappa shape index (κ1) is 11.9. The zero-order valence-corrected chi connectivity index (χ0v) is 10.5. The highest BCUT2D eigenvalue weighted by atomic mass is 35.5. The van der Waals surface area contributed by atoms with E-state index in [1.807, 2.05) is 12.1 Å². The van der Waals surface area contributed by atoms with E-state index in [1.165, 1.54) is 5.56 Å². The molecule has 0 bridgehead atoms. The van der Waals surface area contributed by atoms with Gasteiger partial charge in [-0.05, 0) is 24.1 Å². The maximum atomic E-state index is 5.76. The lowest BCUT2D eigenvalue weighted by Gasteiger charge is -2.18. The number of hydrogen-bond acceptors (Lipinski definition) is 2. The highest BCUT2D eigenvalue weighted by Crippen LogP contribution is 2.22. The second kappa shape index (κ2) is 5.69. The third-order valence-electron chi connectivity index (χ3n) is 2.68. The third-order valence-corrected chi connectivity index (χ3v) is 2.90. The van der Waals surface area contributed by atoms with E-state index in [2.05, 4.69) is 41.5 Å². The van der Waals surface area contributed by atoms with Crippen molar-refractivity contribution >= 4 is 17.3 Å². The predicted octanol–water partition coefficient (Wildman–Crippen LogP) is 4.30. The Balaban J connectivity index is 2.13. The minimum atomic E-state index is 0.305. The summed E-state index contributed by atoms with van der Waals surface area (Å²) in [6, 6.07) is 14.4. The molecule has 1 aromatic carbocycles. The predicted molar refractivity (Wildman–Crippen MR) is 72.3 cm³/mol. The van der Waals surface area contributed by atoms with Gasteiger partial charge >= 0.3 is 0 Å². The van der Waals surface area contributed by atoms with Crippen molar-refractivity contribution in [3.05, 3.63) is 59.4 Å². The largest absolute Gasteiger partial charge is 0.377 e. The molecule has 0 saturated carbocycles. The van der Waals surface area contributed by atoms with Crippen LogP contribution >= 0.6 is 11.6 Å². The lowest BCUT2D eigenvalue weighted by atomic mass is 10.0. The molecule has 0 radical (unpaired) electrons. The zero-order chi connectivity index (χ0) is 12.1. The Morgan fingerprint density at radius 3 is 2.53 bits per heavy atom. The standard InChI is InChI=1S/C14H15ClN2/c1-2-13(11-6-4-3-5-7-11)17-12-8-9-14(15)16-10-12/h3-10,13,17H,2H2,1H3. The molecule has 2 nitrogen and oxygen atoms in total. The van der Waals surface area contributed by atoms with E-state index < -0.39 is 0 Å². The van der Waals surface area contributed by atoms with Crippen LogP contribution in [0, 0.1) is 0 Å². The molecule has 88 valence electrons. The van der Waals surface area contributed by atoms with Crippen LogP contribution in [-0.2, 0) is 0 Å². The summed E-state index contributed by atoms with van der Waals surface area (Å²) in [7, 11) is 0. The molecular formula is C14H15ClN2. The topological polar surface area (TPSA) is 24.9 Å². The summed E-state index contributed by atoms with van der Waals surface area (Å²) in [6.07, 6.45) is 2.78. The second-order valence-electron chi connectivity index (χ2n) is 3.89. The number of anilines is 1. The molecule has 1 unspecified atom stereocenters. The number of nitrogens with zero attached hydrogens (tertiary/aromatic N) is 1. The van der Waals surface area contributed by atoms with Gasteiger partial charge in [0.15, 0.2) is 0 Å². The number of benzene rings is 1. The molecule has 0 aliphatic rings. The van der Waals surface area contributed by atoms with Gasteiger partial charge < -0.3 is 5.32 Å². The van der Waals surface area contributed by atoms with Crippen LogP contribution in [0.2, 0.25) is 5.15 Å². The molecule has 1 aromatic heterocycles. The summed E-state index contributed by atoms with van der Waals surface area (Å²) in [6.45, 7) is 2.16. The van der Waals surface area contributed by atoms with Gasteiger partial charge in [0, 0.05) is 0 Å². The van der Waals surface area contributed by atoms with E-state index in [9.17, 15) is 0 Å². The van der Waals surface area contributed by atoms with Crippen molar-refractivity contribution < 1.29 is 0 Å². The van der Waals surface area contributed by atoms with Gasteiger partial charge in [0.2, 0.25) is 0 Å². The van der Waals surface area contributed by atoms with E-state index in [4.69, 9.17) is 11.6 Å². The van der Waals surface area contributed by atoms with Crippen LogP contribution in [0.5, 0.6) is 0 Å². The van der Waals surface area contributed by atoms with E-state index in [1.54, 1.807) is 12.3 Å². The number of aromatic nitrogens is 1. The lowest BCUT2D eigenvalue weighted by Crippen LogP contribution is -2.09. The van der Waals surface area contributed by atoms with Gasteiger partial charge in [0.1, 0.15) is 5.15 Å². The van der Waals surface area contributed by atoms with Crippen LogP contribution < -0.4 is 5.32 Å². The molecule has 0 fully saturated rings. The Hall–Kier alpha value is -1.54. The number of hydrogen-bond donors (Lipinski definition) is 1. The molecule has 2 aromatic rings. The maximum absolute atomic E-state index is 5.76. The van der Waals surface area contributed by atoms with Gasteiger partial charge in [-0.3, -0.25) is 0 Å². The van der Waals surface area contributed by atoms with Crippen molar-refractivity contribution in [2.75, 3.05) is 5.32 Å². The summed E-state index contributed by atoms with van der Waals surface area (Å²) in [5.74, 6) is 0. The zero-order valence-electron chi connectivity index (χ0n) is 9.73. The third kappa shape index (κ3) is 3.21. The van der Waals surface area contributed by atoms with Crippen molar-refractivity contribution in [2.45, 2.75) is 19.4 Å². The van der Waals surface area contributed by atoms with E-state index in [-0.39, 0.29) is 0 Å². The fourth-order valence-electron chi connectivity index (χ4n) is 1.77. The van der Waals surface area contributed by atoms with Gasteiger partial charge in [-0.2, -0.15) is 0 Å². The molecule has 0 aliphatic carbocycles. The van der Waals surface area contributed by atoms with Gasteiger partial charge in [-0.15, -0.1) is 0 Å². The van der Waals surface area contributed by atoms with Crippen molar-refractivity contribution in [3.8, 4) is 0 Å². The van der Waals surface area contributed by atoms with Crippen LogP contribution in [0.1, 0.15) is 24.9 Å². The fourth-order valence-corrected chi connectivity index (χ4v) is 1.88. The van der Waals surface area contributed by atoms with Gasteiger partial charge in [0.05, 0.1) is 17.9 Å². The van der Waals surface area contributed by atoms with E-state index in [0.717, 1.165) is 12.1 Å². The summed E-state index contributed by atoms with van der Waals surface area (Å²) in [5.41, 5.74) is 2.27. The minimum Gasteiger partial charge on any atom is -0.377 e. The quantitative estimate of drug-likeness (QED) is 0.814. The summed E-state index contributed by atoms with van der Waals surface area (Å²) < 4.78 is 0. The molecule has 0 amide bonds.